The Morgan fingerprint density at radius 3 is 3.23 bits per heavy atom. The summed E-state index contributed by atoms with van der Waals surface area (Å²) in [6, 6.07) is 0. The first-order valence-electron chi connectivity index (χ1n) is 4.48. The highest BCUT2D eigenvalue weighted by molar-refractivity contribution is 7.99. The number of aromatic nitrogens is 3. The Morgan fingerprint density at radius 2 is 2.62 bits per heavy atom. The van der Waals surface area contributed by atoms with Gasteiger partial charge in [0.2, 0.25) is 0 Å². The van der Waals surface area contributed by atoms with Crippen LogP contribution in [0.15, 0.2) is 11.5 Å². The van der Waals surface area contributed by atoms with Crippen LogP contribution >= 0.6 is 11.8 Å². The summed E-state index contributed by atoms with van der Waals surface area (Å²) in [4.78, 5) is 4.04. The highest BCUT2D eigenvalue weighted by Crippen LogP contribution is 2.24. The summed E-state index contributed by atoms with van der Waals surface area (Å²) in [6.45, 7) is 2.12. The fraction of sp³-hybridized carbons (Fsp3) is 0.750. The molecule has 1 aliphatic rings. The molecule has 2 rings (SSSR count). The van der Waals surface area contributed by atoms with E-state index in [2.05, 4.69) is 22.1 Å². The van der Waals surface area contributed by atoms with Crippen LogP contribution in [0.25, 0.3) is 0 Å². The molecule has 1 aliphatic heterocycles. The van der Waals surface area contributed by atoms with Crippen LogP contribution in [0.4, 0.5) is 0 Å². The van der Waals surface area contributed by atoms with Gasteiger partial charge in [0.25, 0.3) is 0 Å². The zero-order valence-corrected chi connectivity index (χ0v) is 8.38. The summed E-state index contributed by atoms with van der Waals surface area (Å²) >= 11 is 1.67. The average Bonchev–Trinajstić information content (AvgIpc) is 2.71. The van der Waals surface area contributed by atoms with E-state index in [0.29, 0.717) is 12.2 Å². The number of nitrogens with zero attached hydrogens (tertiary/aromatic N) is 2. The zero-order valence-electron chi connectivity index (χ0n) is 7.56. The third-order valence-electron chi connectivity index (χ3n) is 2.12. The molecule has 2 atom stereocenters. The number of hydrogen-bond donors (Lipinski definition) is 1. The number of nitrogens with one attached hydrogen (secondary N) is 1. The molecule has 0 bridgehead atoms. The predicted molar refractivity (Wildman–Crippen MR) is 50.7 cm³/mol. The van der Waals surface area contributed by atoms with Crippen LogP contribution in [0.2, 0.25) is 0 Å². The van der Waals surface area contributed by atoms with Gasteiger partial charge in [0.05, 0.1) is 12.2 Å². The molecule has 1 aromatic heterocycles. The number of ether oxygens (including phenoxy) is 1. The van der Waals surface area contributed by atoms with Crippen molar-refractivity contribution in [2.45, 2.75) is 37.1 Å². The maximum atomic E-state index is 5.68. The van der Waals surface area contributed by atoms with E-state index in [9.17, 15) is 0 Å². The molecule has 1 fully saturated rings. The quantitative estimate of drug-likeness (QED) is 0.749. The van der Waals surface area contributed by atoms with E-state index < -0.39 is 0 Å². The van der Waals surface area contributed by atoms with E-state index in [1.165, 1.54) is 19.2 Å². The van der Waals surface area contributed by atoms with Crippen LogP contribution in [-0.2, 0) is 4.74 Å². The Kier molecular flexibility index (Phi) is 2.85. The molecule has 13 heavy (non-hydrogen) atoms. The molecule has 2 unspecified atom stereocenters. The predicted octanol–water partition coefficient (Wildman–Crippen LogP) is 1.46. The van der Waals surface area contributed by atoms with Crippen LogP contribution < -0.4 is 0 Å². The molecule has 1 N–H and O–H groups in total. The van der Waals surface area contributed by atoms with Gasteiger partial charge in [-0.2, -0.15) is 5.10 Å². The first-order chi connectivity index (χ1) is 6.34. The van der Waals surface area contributed by atoms with Crippen molar-refractivity contribution in [1.82, 2.24) is 15.2 Å². The molecule has 0 spiro atoms. The first kappa shape index (κ1) is 9.02. The SMILES string of the molecule is CC1CCC(CSc2ncn[nH]2)O1. The third-order valence-corrected chi connectivity index (χ3v) is 3.13. The minimum atomic E-state index is 0.394. The molecule has 2 heterocycles. The third kappa shape index (κ3) is 2.45. The van der Waals surface area contributed by atoms with E-state index in [1.807, 2.05) is 0 Å². The van der Waals surface area contributed by atoms with Crippen molar-refractivity contribution in [2.24, 2.45) is 0 Å². The summed E-state index contributed by atoms with van der Waals surface area (Å²) in [6.07, 6.45) is 4.70. The average molecular weight is 199 g/mol. The Labute approximate surface area is 81.5 Å². The van der Waals surface area contributed by atoms with Crippen molar-refractivity contribution in [1.29, 1.82) is 0 Å². The lowest BCUT2D eigenvalue weighted by molar-refractivity contribution is 0.0699. The smallest absolute Gasteiger partial charge is 0.183 e. The maximum absolute atomic E-state index is 5.68. The second kappa shape index (κ2) is 4.11. The normalized spacial score (nSPS) is 28.1. The van der Waals surface area contributed by atoms with Gasteiger partial charge in [0.15, 0.2) is 5.16 Å². The van der Waals surface area contributed by atoms with Gasteiger partial charge in [-0.3, -0.25) is 5.10 Å². The summed E-state index contributed by atoms with van der Waals surface area (Å²) < 4.78 is 5.68. The summed E-state index contributed by atoms with van der Waals surface area (Å²) in [7, 11) is 0. The molecular weight excluding hydrogens is 186 g/mol. The van der Waals surface area contributed by atoms with E-state index in [1.54, 1.807) is 11.8 Å². The second-order valence-corrected chi connectivity index (χ2v) is 4.26. The highest BCUT2D eigenvalue weighted by atomic mass is 32.2. The lowest BCUT2D eigenvalue weighted by Crippen LogP contribution is -2.10. The zero-order chi connectivity index (χ0) is 9.10. The molecule has 1 saturated heterocycles. The van der Waals surface area contributed by atoms with Crippen molar-refractivity contribution in [2.75, 3.05) is 5.75 Å². The molecule has 1 aromatic rings. The number of hydrogen-bond acceptors (Lipinski definition) is 4. The fourth-order valence-corrected chi connectivity index (χ4v) is 2.27. The van der Waals surface area contributed by atoms with Crippen LogP contribution in [0.5, 0.6) is 0 Å². The van der Waals surface area contributed by atoms with Crippen molar-refractivity contribution < 1.29 is 4.74 Å². The largest absolute Gasteiger partial charge is 0.374 e. The van der Waals surface area contributed by atoms with Gasteiger partial charge in [0, 0.05) is 5.75 Å². The monoisotopic (exact) mass is 199 g/mol. The topological polar surface area (TPSA) is 50.8 Å². The minimum absolute atomic E-state index is 0.394. The minimum Gasteiger partial charge on any atom is -0.374 e. The molecule has 0 aromatic carbocycles. The van der Waals surface area contributed by atoms with E-state index in [0.717, 1.165) is 10.9 Å². The van der Waals surface area contributed by atoms with Gasteiger partial charge < -0.3 is 4.74 Å². The van der Waals surface area contributed by atoms with Crippen molar-refractivity contribution in [3.8, 4) is 0 Å². The van der Waals surface area contributed by atoms with Gasteiger partial charge in [-0.1, -0.05) is 11.8 Å². The Bertz CT molecular complexity index is 252. The lowest BCUT2D eigenvalue weighted by atomic mass is 10.2. The number of H-pyrrole nitrogens is 1. The summed E-state index contributed by atoms with van der Waals surface area (Å²) in [5, 5.41) is 7.48. The Balaban J connectivity index is 1.74. The molecule has 4 nitrogen and oxygen atoms in total. The molecule has 5 heteroatoms. The van der Waals surface area contributed by atoms with Crippen molar-refractivity contribution >= 4 is 11.8 Å². The molecular formula is C8H13N3OS. The summed E-state index contributed by atoms with van der Waals surface area (Å²) in [5.41, 5.74) is 0. The van der Waals surface area contributed by atoms with E-state index >= 15 is 0 Å². The van der Waals surface area contributed by atoms with Crippen LogP contribution in [0.1, 0.15) is 19.8 Å². The van der Waals surface area contributed by atoms with Gasteiger partial charge in [-0.25, -0.2) is 4.98 Å². The van der Waals surface area contributed by atoms with Crippen LogP contribution in [0.3, 0.4) is 0 Å². The molecule has 72 valence electrons. The maximum Gasteiger partial charge on any atom is 0.183 e. The number of aromatic amines is 1. The van der Waals surface area contributed by atoms with Crippen LogP contribution in [0, 0.1) is 0 Å². The number of thioether (sulfide) groups is 1. The van der Waals surface area contributed by atoms with E-state index in [-0.39, 0.29) is 0 Å². The van der Waals surface area contributed by atoms with Gasteiger partial charge >= 0.3 is 0 Å². The Hall–Kier alpha value is -0.550. The first-order valence-corrected chi connectivity index (χ1v) is 5.47. The molecule has 0 aliphatic carbocycles. The molecule has 0 radical (unpaired) electrons. The van der Waals surface area contributed by atoms with Gasteiger partial charge in [-0.15, -0.1) is 0 Å². The molecule has 0 saturated carbocycles. The number of rotatable bonds is 3. The standard InChI is InChI=1S/C8H13N3OS/c1-6-2-3-7(12-6)4-13-8-9-5-10-11-8/h5-7H,2-4H2,1H3,(H,9,10,11). The summed E-state index contributed by atoms with van der Waals surface area (Å²) in [5.74, 6) is 0.972. The van der Waals surface area contributed by atoms with Crippen molar-refractivity contribution in [3.63, 3.8) is 0 Å². The highest BCUT2D eigenvalue weighted by Gasteiger charge is 2.21. The Morgan fingerprint density at radius 1 is 1.69 bits per heavy atom. The lowest BCUT2D eigenvalue weighted by Gasteiger charge is -2.08. The van der Waals surface area contributed by atoms with Crippen LogP contribution in [-0.4, -0.2) is 33.1 Å². The van der Waals surface area contributed by atoms with Gasteiger partial charge in [0.1, 0.15) is 6.33 Å². The van der Waals surface area contributed by atoms with Gasteiger partial charge in [-0.05, 0) is 19.8 Å². The second-order valence-electron chi connectivity index (χ2n) is 3.25. The van der Waals surface area contributed by atoms with Crippen molar-refractivity contribution in [3.05, 3.63) is 6.33 Å². The molecule has 0 amide bonds. The fourth-order valence-electron chi connectivity index (χ4n) is 1.44. The van der Waals surface area contributed by atoms with E-state index in [4.69, 9.17) is 4.74 Å².